The maximum Gasteiger partial charge on any atom is 0.310 e. The molecule has 0 unspecified atom stereocenters. The summed E-state index contributed by atoms with van der Waals surface area (Å²) in [5, 5.41) is 4.50. The second kappa shape index (κ2) is 13.9. The molecule has 216 valence electrons. The number of fused-ring (bicyclic) bond motifs is 1. The minimum absolute atomic E-state index is 0.0120. The number of thioether (sulfide) groups is 1. The summed E-state index contributed by atoms with van der Waals surface area (Å²) in [6, 6.07) is 11.1. The Balaban J connectivity index is 1.21. The van der Waals surface area contributed by atoms with Crippen LogP contribution >= 0.6 is 11.8 Å². The monoisotopic (exact) mass is 575 g/mol. The zero-order chi connectivity index (χ0) is 28.6. The average molecular weight is 576 g/mol. The minimum Gasteiger partial charge on any atom is -0.427 e. The van der Waals surface area contributed by atoms with E-state index in [1.165, 1.54) is 19.3 Å². The third-order valence-corrected chi connectivity index (χ3v) is 8.86. The van der Waals surface area contributed by atoms with Crippen LogP contribution in [-0.2, 0) is 29.1 Å². The van der Waals surface area contributed by atoms with Crippen LogP contribution in [0.4, 0.5) is 0 Å². The lowest BCUT2D eigenvalue weighted by Crippen LogP contribution is -2.42. The molecule has 1 aliphatic heterocycles. The highest BCUT2D eigenvalue weighted by molar-refractivity contribution is 7.99. The first-order valence-corrected chi connectivity index (χ1v) is 15.4. The van der Waals surface area contributed by atoms with Gasteiger partial charge in [-0.1, -0.05) is 50.1 Å². The van der Waals surface area contributed by atoms with Crippen LogP contribution < -0.4 is 15.6 Å². The third kappa shape index (κ3) is 7.42. The second-order valence-electron chi connectivity index (χ2n) is 10.5. The summed E-state index contributed by atoms with van der Waals surface area (Å²) < 4.78 is 6.90. The van der Waals surface area contributed by atoms with E-state index in [1.54, 1.807) is 52.7 Å². The zero-order valence-corrected chi connectivity index (χ0v) is 24.3. The normalized spacial score (nSPS) is 15.4. The Morgan fingerprint density at radius 1 is 1.12 bits per heavy atom. The van der Waals surface area contributed by atoms with Gasteiger partial charge in [0, 0.05) is 50.3 Å². The number of amides is 1. The molecule has 2 aliphatic rings. The molecule has 2 aromatic heterocycles. The van der Waals surface area contributed by atoms with Crippen LogP contribution in [0.5, 0.6) is 5.75 Å². The van der Waals surface area contributed by atoms with Gasteiger partial charge in [0.2, 0.25) is 5.91 Å². The molecule has 0 radical (unpaired) electrons. The molecule has 1 amide bonds. The molecule has 1 fully saturated rings. The van der Waals surface area contributed by atoms with Crippen LogP contribution in [0.2, 0.25) is 0 Å². The molecule has 0 bridgehead atoms. The summed E-state index contributed by atoms with van der Waals surface area (Å²) >= 11 is 1.71. The van der Waals surface area contributed by atoms with Gasteiger partial charge < -0.3 is 15.0 Å². The van der Waals surface area contributed by atoms with Gasteiger partial charge in [0.1, 0.15) is 5.75 Å². The molecule has 3 aromatic rings. The molecule has 9 nitrogen and oxygen atoms in total. The zero-order valence-electron chi connectivity index (χ0n) is 23.5. The minimum atomic E-state index is -0.264. The van der Waals surface area contributed by atoms with E-state index in [2.05, 4.69) is 10.3 Å². The predicted octanol–water partition coefficient (Wildman–Crippen LogP) is 4.43. The molecule has 0 spiro atoms. The summed E-state index contributed by atoms with van der Waals surface area (Å²) in [6.45, 7) is 3.70. The summed E-state index contributed by atoms with van der Waals surface area (Å²) in [7, 11) is 0. The second-order valence-corrected chi connectivity index (χ2v) is 11.8. The molecular formula is C31H37N5O4S. The molecule has 10 heteroatoms. The molecule has 0 saturated heterocycles. The van der Waals surface area contributed by atoms with Crippen molar-refractivity contribution < 1.29 is 14.3 Å². The standard InChI is InChI=1S/C31H37N5O4S/c1-2-29(38)40-24-12-10-22(11-13-24)19-33-17-14-28(37)35-18-15-27-26(21-35)30(39)36(23-7-6-16-32-20-23)31(34-27)41-25-8-4-3-5-9-25/h6-7,10-13,16,20,25,33H,2-5,8-9,14-15,17-19,21H2,1H3. The first-order valence-electron chi connectivity index (χ1n) is 14.5. The highest BCUT2D eigenvalue weighted by Crippen LogP contribution is 2.34. The fourth-order valence-corrected chi connectivity index (χ4v) is 6.58. The van der Waals surface area contributed by atoms with Crippen LogP contribution in [0.1, 0.15) is 68.7 Å². The number of carbonyl (C=O) groups is 2. The Morgan fingerprint density at radius 3 is 2.66 bits per heavy atom. The van der Waals surface area contributed by atoms with Crippen molar-refractivity contribution in [1.82, 2.24) is 24.8 Å². The number of pyridine rings is 1. The van der Waals surface area contributed by atoms with Crippen LogP contribution in [0.15, 0.2) is 58.7 Å². The van der Waals surface area contributed by atoms with E-state index in [0.717, 1.165) is 29.3 Å². The van der Waals surface area contributed by atoms with E-state index in [4.69, 9.17) is 9.72 Å². The largest absolute Gasteiger partial charge is 0.427 e. The van der Waals surface area contributed by atoms with E-state index in [9.17, 15) is 14.4 Å². The van der Waals surface area contributed by atoms with Gasteiger partial charge in [0.15, 0.2) is 5.16 Å². The van der Waals surface area contributed by atoms with Crippen molar-refractivity contribution in [3.8, 4) is 11.4 Å². The number of hydrogen-bond acceptors (Lipinski definition) is 8. The van der Waals surface area contributed by atoms with Gasteiger partial charge in [-0.05, 0) is 42.7 Å². The fraction of sp³-hybridized carbons (Fsp3) is 0.452. The Hall–Kier alpha value is -3.50. The summed E-state index contributed by atoms with van der Waals surface area (Å²) in [4.78, 5) is 49.4. The average Bonchev–Trinajstić information content (AvgIpc) is 3.01. The van der Waals surface area contributed by atoms with Crippen molar-refractivity contribution in [2.45, 2.75) is 81.8 Å². The smallest absolute Gasteiger partial charge is 0.310 e. The van der Waals surface area contributed by atoms with Crippen molar-refractivity contribution >= 4 is 23.6 Å². The molecule has 1 N–H and O–H groups in total. The van der Waals surface area contributed by atoms with Crippen LogP contribution in [-0.4, -0.2) is 49.7 Å². The number of aromatic nitrogens is 3. The lowest BCUT2D eigenvalue weighted by atomic mass is 10.0. The van der Waals surface area contributed by atoms with Gasteiger partial charge in [-0.15, -0.1) is 0 Å². The Morgan fingerprint density at radius 2 is 1.93 bits per heavy atom. The lowest BCUT2D eigenvalue weighted by Gasteiger charge is -2.29. The Bertz CT molecular complexity index is 1400. The predicted molar refractivity (Wildman–Crippen MR) is 158 cm³/mol. The molecule has 41 heavy (non-hydrogen) atoms. The highest BCUT2D eigenvalue weighted by Gasteiger charge is 2.28. The molecule has 5 rings (SSSR count). The number of carbonyl (C=O) groups excluding carboxylic acids is 2. The molecule has 1 aromatic carbocycles. The van der Waals surface area contributed by atoms with Crippen molar-refractivity contribution in [3.63, 3.8) is 0 Å². The maximum absolute atomic E-state index is 13.9. The first kappa shape index (κ1) is 29.0. The molecular weight excluding hydrogens is 538 g/mol. The van der Waals surface area contributed by atoms with Crippen molar-refractivity contribution in [1.29, 1.82) is 0 Å². The number of nitrogens with one attached hydrogen (secondary N) is 1. The van der Waals surface area contributed by atoms with Gasteiger partial charge >= 0.3 is 5.97 Å². The number of esters is 1. The molecule has 1 saturated carbocycles. The summed E-state index contributed by atoms with van der Waals surface area (Å²) in [5.41, 5.74) is 3.03. The number of hydrogen-bond donors (Lipinski definition) is 1. The molecule has 3 heterocycles. The van der Waals surface area contributed by atoms with E-state index in [-0.39, 0.29) is 24.0 Å². The highest BCUT2D eigenvalue weighted by atomic mass is 32.2. The third-order valence-electron chi connectivity index (χ3n) is 7.57. The number of rotatable bonds is 10. The number of ether oxygens (including phenoxy) is 1. The molecule has 0 atom stereocenters. The summed E-state index contributed by atoms with van der Waals surface area (Å²) in [5.74, 6) is 0.274. The van der Waals surface area contributed by atoms with Gasteiger partial charge in [-0.25, -0.2) is 4.98 Å². The van der Waals surface area contributed by atoms with Crippen LogP contribution in [0.25, 0.3) is 5.69 Å². The van der Waals surface area contributed by atoms with Crippen LogP contribution in [0, 0.1) is 0 Å². The van der Waals surface area contributed by atoms with Crippen molar-refractivity contribution in [3.05, 3.63) is 76.0 Å². The van der Waals surface area contributed by atoms with Gasteiger partial charge in [-0.2, -0.15) is 0 Å². The molecule has 1 aliphatic carbocycles. The van der Waals surface area contributed by atoms with Crippen molar-refractivity contribution in [2.24, 2.45) is 0 Å². The Kier molecular flexibility index (Phi) is 9.84. The van der Waals surface area contributed by atoms with E-state index >= 15 is 0 Å². The SMILES string of the molecule is CCC(=O)Oc1ccc(CNCCC(=O)N2CCc3nc(SC4CCCCC4)n(-c4cccnc4)c(=O)c3C2)cc1. The first-order chi connectivity index (χ1) is 20.0. The maximum atomic E-state index is 13.9. The number of nitrogens with zero attached hydrogens (tertiary/aromatic N) is 4. The van der Waals surface area contributed by atoms with Crippen LogP contribution in [0.3, 0.4) is 0 Å². The fourth-order valence-electron chi connectivity index (χ4n) is 5.26. The van der Waals surface area contributed by atoms with Gasteiger partial charge in [0.25, 0.3) is 5.56 Å². The lowest BCUT2D eigenvalue weighted by molar-refractivity contribution is -0.134. The topological polar surface area (TPSA) is 106 Å². The van der Waals surface area contributed by atoms with Gasteiger partial charge in [-0.3, -0.25) is 23.9 Å². The van der Waals surface area contributed by atoms with E-state index in [0.29, 0.717) is 61.1 Å². The quantitative estimate of drug-likeness (QED) is 0.164. The Labute approximate surface area is 244 Å². The number of benzene rings is 1. The van der Waals surface area contributed by atoms with Crippen molar-refractivity contribution in [2.75, 3.05) is 13.1 Å². The van der Waals surface area contributed by atoms with E-state index < -0.39 is 0 Å². The van der Waals surface area contributed by atoms with E-state index in [1.807, 2.05) is 24.3 Å². The summed E-state index contributed by atoms with van der Waals surface area (Å²) in [6.07, 6.45) is 10.6. The van der Waals surface area contributed by atoms with Gasteiger partial charge in [0.05, 0.1) is 29.7 Å².